The van der Waals surface area contributed by atoms with E-state index in [-0.39, 0.29) is 0 Å². The number of halogens is 1. The van der Waals surface area contributed by atoms with Crippen LogP contribution >= 0.6 is 11.6 Å². The maximum atomic E-state index is 8.41. The van der Waals surface area contributed by atoms with Crippen LogP contribution in [0.2, 0.25) is 5.02 Å². The first kappa shape index (κ1) is 8.86. The third kappa shape index (κ3) is 1.50. The Kier molecular flexibility index (Phi) is 2.26. The second-order valence-corrected chi connectivity index (χ2v) is 3.31. The summed E-state index contributed by atoms with van der Waals surface area (Å²) < 4.78 is 0. The molecule has 2 nitrogen and oxygen atoms in total. The molecule has 0 saturated carbocycles. The molecule has 0 aliphatic heterocycles. The van der Waals surface area contributed by atoms with Crippen LogP contribution in [-0.2, 0) is 0 Å². The van der Waals surface area contributed by atoms with Crippen molar-refractivity contribution in [1.29, 1.82) is 5.26 Å². The monoisotopic (exact) mass is 202 g/mol. The number of hydrogen-bond donors (Lipinski definition) is 1. The van der Waals surface area contributed by atoms with E-state index >= 15 is 0 Å². The van der Waals surface area contributed by atoms with Gasteiger partial charge in [0.05, 0.1) is 6.07 Å². The summed E-state index contributed by atoms with van der Waals surface area (Å²) in [5.41, 5.74) is 1.87. The molecule has 0 aliphatic carbocycles. The van der Waals surface area contributed by atoms with Crippen LogP contribution in [0.25, 0.3) is 17.0 Å². The highest BCUT2D eigenvalue weighted by molar-refractivity contribution is 6.32. The van der Waals surface area contributed by atoms with E-state index in [0.717, 1.165) is 16.5 Å². The summed E-state index contributed by atoms with van der Waals surface area (Å²) in [6.07, 6.45) is 4.98. The number of H-pyrrole nitrogens is 1. The van der Waals surface area contributed by atoms with Gasteiger partial charge in [0.25, 0.3) is 0 Å². The molecular formula is C11H7ClN2. The van der Waals surface area contributed by atoms with Crippen LogP contribution in [0.5, 0.6) is 0 Å². The number of rotatable bonds is 1. The predicted molar refractivity (Wildman–Crippen MR) is 58.0 cm³/mol. The molecule has 2 rings (SSSR count). The Hall–Kier alpha value is -1.72. The summed E-state index contributed by atoms with van der Waals surface area (Å²) in [5, 5.41) is 10.1. The van der Waals surface area contributed by atoms with Gasteiger partial charge < -0.3 is 4.98 Å². The van der Waals surface area contributed by atoms with Crippen LogP contribution < -0.4 is 0 Å². The fraction of sp³-hybridized carbons (Fsp3) is 0. The number of allylic oxidation sites excluding steroid dienone is 1. The summed E-state index contributed by atoms with van der Waals surface area (Å²) in [4.78, 5) is 3.07. The van der Waals surface area contributed by atoms with E-state index < -0.39 is 0 Å². The molecule has 0 spiro atoms. The van der Waals surface area contributed by atoms with Crippen molar-refractivity contribution in [3.8, 4) is 6.07 Å². The largest absolute Gasteiger partial charge is 0.361 e. The highest BCUT2D eigenvalue weighted by Gasteiger charge is 2.00. The minimum Gasteiger partial charge on any atom is -0.361 e. The molecule has 0 fully saturated rings. The Morgan fingerprint density at radius 1 is 1.43 bits per heavy atom. The molecule has 1 aromatic carbocycles. The summed E-state index contributed by atoms with van der Waals surface area (Å²) in [5.74, 6) is 0. The fourth-order valence-corrected chi connectivity index (χ4v) is 1.57. The molecule has 68 valence electrons. The van der Waals surface area contributed by atoms with Crippen LogP contribution in [0.1, 0.15) is 5.56 Å². The smallest absolute Gasteiger partial charge is 0.0912 e. The van der Waals surface area contributed by atoms with Gasteiger partial charge in [-0.1, -0.05) is 11.6 Å². The van der Waals surface area contributed by atoms with Crippen molar-refractivity contribution >= 4 is 28.6 Å². The lowest BCUT2D eigenvalue weighted by Gasteiger charge is -1.97. The fourth-order valence-electron chi connectivity index (χ4n) is 1.35. The summed E-state index contributed by atoms with van der Waals surface area (Å²) in [7, 11) is 0. The van der Waals surface area contributed by atoms with Crippen LogP contribution in [0, 0.1) is 11.3 Å². The van der Waals surface area contributed by atoms with E-state index in [1.54, 1.807) is 6.08 Å². The molecule has 0 unspecified atom stereocenters. The van der Waals surface area contributed by atoms with Crippen molar-refractivity contribution < 1.29 is 0 Å². The van der Waals surface area contributed by atoms with Crippen molar-refractivity contribution in [1.82, 2.24) is 4.98 Å². The SMILES string of the molecule is N#CC=Cc1cc2cc[nH]c2cc1Cl. The van der Waals surface area contributed by atoms with Gasteiger partial charge in [0.2, 0.25) is 0 Å². The first-order valence-corrected chi connectivity index (χ1v) is 4.52. The van der Waals surface area contributed by atoms with Gasteiger partial charge in [-0.25, -0.2) is 0 Å². The van der Waals surface area contributed by atoms with Crippen molar-refractivity contribution in [2.75, 3.05) is 0 Å². The van der Waals surface area contributed by atoms with Crippen molar-refractivity contribution in [2.45, 2.75) is 0 Å². The maximum absolute atomic E-state index is 8.41. The molecule has 0 saturated heterocycles. The van der Waals surface area contributed by atoms with Gasteiger partial charge in [-0.2, -0.15) is 5.26 Å². The van der Waals surface area contributed by atoms with Gasteiger partial charge in [0.15, 0.2) is 0 Å². The molecule has 0 atom stereocenters. The van der Waals surface area contributed by atoms with Crippen LogP contribution in [0.15, 0.2) is 30.5 Å². The second-order valence-electron chi connectivity index (χ2n) is 2.90. The lowest BCUT2D eigenvalue weighted by atomic mass is 10.1. The first-order chi connectivity index (χ1) is 6.81. The van der Waals surface area contributed by atoms with E-state index in [2.05, 4.69) is 4.98 Å². The minimum absolute atomic E-state index is 0.645. The normalized spacial score (nSPS) is 10.9. The number of nitrogens with zero attached hydrogens (tertiary/aromatic N) is 1. The van der Waals surface area contributed by atoms with E-state index in [9.17, 15) is 0 Å². The Morgan fingerprint density at radius 2 is 2.29 bits per heavy atom. The standard InChI is InChI=1S/C11H7ClN2/c12-10-7-11-9(3-5-14-11)6-8(10)2-1-4-13/h1-3,5-7,14H. The number of nitrogens with one attached hydrogen (secondary N) is 1. The minimum atomic E-state index is 0.645. The number of aromatic amines is 1. The van der Waals surface area contributed by atoms with E-state index in [0.29, 0.717) is 5.02 Å². The third-order valence-corrected chi connectivity index (χ3v) is 2.34. The van der Waals surface area contributed by atoms with Crippen LogP contribution in [0.3, 0.4) is 0 Å². The highest BCUT2D eigenvalue weighted by Crippen LogP contribution is 2.24. The van der Waals surface area contributed by atoms with Gasteiger partial charge in [-0.05, 0) is 29.8 Å². The lowest BCUT2D eigenvalue weighted by Crippen LogP contribution is -1.75. The molecule has 1 aromatic heterocycles. The van der Waals surface area contributed by atoms with Gasteiger partial charge in [-0.3, -0.25) is 0 Å². The van der Waals surface area contributed by atoms with Crippen molar-refractivity contribution in [3.63, 3.8) is 0 Å². The average molecular weight is 203 g/mol. The summed E-state index contributed by atoms with van der Waals surface area (Å²) >= 11 is 6.02. The molecule has 0 aliphatic rings. The zero-order valence-corrected chi connectivity index (χ0v) is 8.05. The first-order valence-electron chi connectivity index (χ1n) is 4.14. The maximum Gasteiger partial charge on any atom is 0.0912 e. The Bertz CT molecular complexity index is 532. The molecule has 1 heterocycles. The van der Waals surface area contributed by atoms with Crippen molar-refractivity contribution in [2.24, 2.45) is 0 Å². The zero-order valence-electron chi connectivity index (χ0n) is 7.29. The number of aromatic nitrogens is 1. The van der Waals surface area contributed by atoms with Crippen molar-refractivity contribution in [3.05, 3.63) is 41.1 Å². The summed E-state index contributed by atoms with van der Waals surface area (Å²) in [6.45, 7) is 0. The number of hydrogen-bond acceptors (Lipinski definition) is 1. The highest BCUT2D eigenvalue weighted by atomic mass is 35.5. The Balaban J connectivity index is 2.60. The molecule has 0 amide bonds. The van der Waals surface area contributed by atoms with Gasteiger partial charge in [-0.15, -0.1) is 0 Å². The third-order valence-electron chi connectivity index (χ3n) is 2.01. The molecule has 2 aromatic rings. The van der Waals surface area contributed by atoms with Gasteiger partial charge in [0.1, 0.15) is 0 Å². The van der Waals surface area contributed by atoms with Crippen LogP contribution in [0.4, 0.5) is 0 Å². The Labute approximate surface area is 86.4 Å². The second kappa shape index (κ2) is 3.57. The molecule has 0 bridgehead atoms. The van der Waals surface area contributed by atoms with E-state index in [1.165, 1.54) is 6.08 Å². The van der Waals surface area contributed by atoms with E-state index in [1.807, 2.05) is 30.5 Å². The lowest BCUT2D eigenvalue weighted by molar-refractivity contribution is 1.48. The molecule has 3 heteroatoms. The van der Waals surface area contributed by atoms with Crippen LogP contribution in [-0.4, -0.2) is 4.98 Å². The average Bonchev–Trinajstić information content (AvgIpc) is 2.61. The quantitative estimate of drug-likeness (QED) is 0.708. The Morgan fingerprint density at radius 3 is 3.07 bits per heavy atom. The summed E-state index contributed by atoms with van der Waals surface area (Å²) in [6, 6.07) is 7.71. The molecule has 14 heavy (non-hydrogen) atoms. The number of benzene rings is 1. The van der Waals surface area contributed by atoms with Gasteiger partial charge >= 0.3 is 0 Å². The molecular weight excluding hydrogens is 196 g/mol. The number of fused-ring (bicyclic) bond motifs is 1. The van der Waals surface area contributed by atoms with Gasteiger partial charge in [0, 0.05) is 28.2 Å². The van der Waals surface area contributed by atoms with E-state index in [4.69, 9.17) is 16.9 Å². The zero-order chi connectivity index (χ0) is 9.97. The number of nitriles is 1. The topological polar surface area (TPSA) is 39.6 Å². The molecule has 0 radical (unpaired) electrons. The predicted octanol–water partition coefficient (Wildman–Crippen LogP) is 3.36. The molecule has 1 N–H and O–H groups in total.